The second-order valence-electron chi connectivity index (χ2n) is 17.7. The summed E-state index contributed by atoms with van der Waals surface area (Å²) < 4.78 is 11.7. The third-order valence-electron chi connectivity index (χ3n) is 12.1. The number of esters is 2. The number of nitrogens with zero attached hydrogens (tertiary/aromatic N) is 2. The lowest BCUT2D eigenvalue weighted by molar-refractivity contribution is -0.150. The average Bonchev–Trinajstić information content (AvgIpc) is 3.21. The molecule has 0 aromatic carbocycles. The number of carbonyl (C=O) groups is 2. The highest BCUT2D eigenvalue weighted by Crippen LogP contribution is 2.22. The van der Waals surface area contributed by atoms with Gasteiger partial charge in [0.15, 0.2) is 0 Å². The van der Waals surface area contributed by atoms with Crippen molar-refractivity contribution in [3.8, 4) is 5.97 Å². The van der Waals surface area contributed by atoms with E-state index in [1.165, 1.54) is 128 Å². The predicted molar refractivity (Wildman–Crippen MR) is 247 cm³/mol. The summed E-state index contributed by atoms with van der Waals surface area (Å²) in [6.07, 6.45) is 41.0. The molecule has 0 aromatic heterocycles. The maximum Gasteiger partial charge on any atom is 0.308 e. The molecule has 57 heavy (non-hydrogen) atoms. The third kappa shape index (κ3) is 37.2. The Bertz CT molecular complexity index is 853. The number of ether oxygens (including phenoxy) is 2. The topological polar surface area (TPSA) is 79.6 Å². The Kier molecular flexibility index (Phi) is 42.8. The monoisotopic (exact) mass is 801 g/mol. The molecular formula is C50H97BN2O4. The summed E-state index contributed by atoms with van der Waals surface area (Å²) in [6.45, 7) is 15.6. The molecule has 0 bridgehead atoms. The largest absolute Gasteiger partial charge is 0.465 e. The standard InChI is InChI=1S/C50H97BN2O4/c1-6-10-14-18-20-28-38-47(36-26-16-12-8-3)49(54)56-44-34-24-22-31-41-53(43-33-30-40-51(5)46-52)42-32-23-25-35-45-57-50(55)48(37-27-17-13-9-4)39-29-21-19-15-11-7-2/h47-48H,6-45H2,1-5H3. The van der Waals surface area contributed by atoms with Crippen LogP contribution in [0.1, 0.15) is 246 Å². The highest BCUT2D eigenvalue weighted by atomic mass is 16.5. The van der Waals surface area contributed by atoms with Gasteiger partial charge in [-0.3, -0.25) is 9.59 Å². The molecule has 0 saturated heterocycles. The van der Waals surface area contributed by atoms with Crippen molar-refractivity contribution in [3.63, 3.8) is 0 Å². The average molecular weight is 801 g/mol. The highest BCUT2D eigenvalue weighted by molar-refractivity contribution is 6.65. The van der Waals surface area contributed by atoms with E-state index in [0.29, 0.717) is 13.2 Å². The molecule has 2 atom stereocenters. The molecular weight excluding hydrogens is 703 g/mol. The van der Waals surface area contributed by atoms with Gasteiger partial charge in [-0.15, -0.1) is 0 Å². The molecule has 0 aliphatic carbocycles. The molecule has 334 valence electrons. The van der Waals surface area contributed by atoms with Gasteiger partial charge >= 0.3 is 11.9 Å². The van der Waals surface area contributed by atoms with Crippen LogP contribution >= 0.6 is 0 Å². The summed E-state index contributed by atoms with van der Waals surface area (Å²) in [7, 11) is 0. The van der Waals surface area contributed by atoms with Gasteiger partial charge < -0.3 is 14.4 Å². The molecule has 0 amide bonds. The molecule has 2 unspecified atom stereocenters. The summed E-state index contributed by atoms with van der Waals surface area (Å²) in [6, 6.07) is 0. The number of hydrogen-bond donors (Lipinski definition) is 0. The normalized spacial score (nSPS) is 12.4. The lowest BCUT2D eigenvalue weighted by Crippen LogP contribution is -2.27. The Hall–Kier alpha value is -1.55. The maximum absolute atomic E-state index is 13.0. The van der Waals surface area contributed by atoms with Gasteiger partial charge in [-0.05, 0) is 77.4 Å². The van der Waals surface area contributed by atoms with Crippen molar-refractivity contribution in [2.45, 2.75) is 259 Å². The van der Waals surface area contributed by atoms with Crippen LogP contribution < -0.4 is 0 Å². The Morgan fingerprint density at radius 1 is 0.456 bits per heavy atom. The van der Waals surface area contributed by atoms with Gasteiger partial charge in [0, 0.05) is 5.97 Å². The molecule has 0 fully saturated rings. The minimum absolute atomic E-state index is 0.0561. The van der Waals surface area contributed by atoms with E-state index in [1.54, 1.807) is 0 Å². The van der Waals surface area contributed by atoms with Crippen molar-refractivity contribution >= 4 is 18.7 Å². The smallest absolute Gasteiger partial charge is 0.308 e. The van der Waals surface area contributed by atoms with Gasteiger partial charge in [0.2, 0.25) is 0 Å². The summed E-state index contributed by atoms with van der Waals surface area (Å²) in [4.78, 5) is 28.7. The minimum Gasteiger partial charge on any atom is -0.465 e. The quantitative estimate of drug-likeness (QED) is 0.0347. The Morgan fingerprint density at radius 2 is 0.754 bits per heavy atom. The molecule has 0 saturated carbocycles. The van der Waals surface area contributed by atoms with E-state index in [-0.39, 0.29) is 30.5 Å². The van der Waals surface area contributed by atoms with E-state index in [0.717, 1.165) is 116 Å². The summed E-state index contributed by atoms with van der Waals surface area (Å²) in [5.41, 5.74) is 0. The van der Waals surface area contributed by atoms with Gasteiger partial charge in [0.25, 0.3) is 6.71 Å². The van der Waals surface area contributed by atoms with Crippen LogP contribution in [0.15, 0.2) is 0 Å². The van der Waals surface area contributed by atoms with Crippen LogP contribution in [0.2, 0.25) is 13.1 Å². The molecule has 0 aliphatic heterocycles. The number of rotatable bonds is 45. The second kappa shape index (κ2) is 44.0. The van der Waals surface area contributed by atoms with Crippen LogP contribution in [0.3, 0.4) is 0 Å². The van der Waals surface area contributed by atoms with Crippen LogP contribution in [0.5, 0.6) is 0 Å². The fourth-order valence-electron chi connectivity index (χ4n) is 8.09. The van der Waals surface area contributed by atoms with E-state index in [1.807, 2.05) is 6.82 Å². The van der Waals surface area contributed by atoms with Crippen molar-refractivity contribution in [2.75, 3.05) is 32.8 Å². The van der Waals surface area contributed by atoms with Crippen molar-refractivity contribution in [1.29, 1.82) is 5.26 Å². The molecule has 0 heterocycles. The first kappa shape index (κ1) is 55.5. The van der Waals surface area contributed by atoms with Gasteiger partial charge in [0.1, 0.15) is 0 Å². The summed E-state index contributed by atoms with van der Waals surface area (Å²) >= 11 is 0. The van der Waals surface area contributed by atoms with E-state index in [4.69, 9.17) is 9.47 Å². The first-order valence-corrected chi connectivity index (χ1v) is 25.4. The van der Waals surface area contributed by atoms with Crippen LogP contribution in [-0.2, 0) is 19.1 Å². The van der Waals surface area contributed by atoms with Crippen LogP contribution in [0, 0.1) is 23.1 Å². The van der Waals surface area contributed by atoms with Crippen molar-refractivity contribution < 1.29 is 19.1 Å². The summed E-state index contributed by atoms with van der Waals surface area (Å²) in [5.74, 6) is 2.67. The fraction of sp³-hybridized carbons (Fsp3) is 0.940. The van der Waals surface area contributed by atoms with Gasteiger partial charge in [0.05, 0.1) is 25.0 Å². The molecule has 0 rings (SSSR count). The number of nitriles is 1. The first-order valence-electron chi connectivity index (χ1n) is 25.4. The zero-order valence-electron chi connectivity index (χ0n) is 39.0. The molecule has 7 heteroatoms. The zero-order valence-corrected chi connectivity index (χ0v) is 39.0. The highest BCUT2D eigenvalue weighted by Gasteiger charge is 2.20. The molecule has 6 nitrogen and oxygen atoms in total. The lowest BCUT2D eigenvalue weighted by Gasteiger charge is -2.22. The molecule has 0 spiro atoms. The van der Waals surface area contributed by atoms with Gasteiger partial charge in [-0.2, -0.15) is 0 Å². The second-order valence-corrected chi connectivity index (χ2v) is 17.7. The Balaban J connectivity index is 4.56. The van der Waals surface area contributed by atoms with Crippen molar-refractivity contribution in [1.82, 2.24) is 4.90 Å². The van der Waals surface area contributed by atoms with Crippen LogP contribution in [0.4, 0.5) is 0 Å². The van der Waals surface area contributed by atoms with Crippen molar-refractivity contribution in [2.24, 2.45) is 11.8 Å². The maximum atomic E-state index is 13.0. The van der Waals surface area contributed by atoms with Crippen LogP contribution in [-0.4, -0.2) is 56.4 Å². The minimum atomic E-state index is 0.0561. The zero-order chi connectivity index (χ0) is 41.9. The van der Waals surface area contributed by atoms with E-state index < -0.39 is 0 Å². The van der Waals surface area contributed by atoms with Crippen LogP contribution in [0.25, 0.3) is 0 Å². The fourth-order valence-corrected chi connectivity index (χ4v) is 8.09. The van der Waals surface area contributed by atoms with Gasteiger partial charge in [-0.25, -0.2) is 5.26 Å². The van der Waals surface area contributed by atoms with Gasteiger partial charge in [-0.1, -0.05) is 201 Å². The third-order valence-corrected chi connectivity index (χ3v) is 12.1. The molecule has 0 radical (unpaired) electrons. The predicted octanol–water partition coefficient (Wildman–Crippen LogP) is 15.1. The van der Waals surface area contributed by atoms with Crippen molar-refractivity contribution in [3.05, 3.63) is 0 Å². The van der Waals surface area contributed by atoms with E-state index in [9.17, 15) is 14.9 Å². The Labute approximate surface area is 356 Å². The first-order chi connectivity index (χ1) is 27.9. The number of unbranched alkanes of at least 4 members (excludes halogenated alkanes) is 23. The lowest BCUT2D eigenvalue weighted by atomic mass is 9.51. The summed E-state index contributed by atoms with van der Waals surface area (Å²) in [5, 5.41) is 9.19. The van der Waals surface area contributed by atoms with E-state index >= 15 is 0 Å². The molecule has 0 N–H and O–H groups in total. The molecule has 0 aliphatic rings. The Morgan fingerprint density at radius 3 is 1.12 bits per heavy atom. The molecule has 0 aromatic rings. The number of hydrogen-bond acceptors (Lipinski definition) is 6. The van der Waals surface area contributed by atoms with E-state index in [2.05, 4.69) is 38.6 Å². The number of carbonyl (C=O) groups excluding carboxylic acids is 2. The SMILES string of the molecule is CCCCCCCCC(CCCCCC)C(=O)OCCCCCCN(CCCCCCOC(=O)C(CCCCCC)CCCCCCCC)CCCCB(C)C#N.